The molecular weight excluding hydrogens is 703 g/mol. The maximum Gasteiger partial charge on any atom is 0.335 e. The van der Waals surface area contributed by atoms with Gasteiger partial charge >= 0.3 is 11.9 Å². The van der Waals surface area contributed by atoms with Gasteiger partial charge in [-0.3, -0.25) is 4.99 Å². The summed E-state index contributed by atoms with van der Waals surface area (Å²) in [5, 5.41) is 27.5. The average Bonchev–Trinajstić information content (AvgIpc) is 3.74. The molecule has 0 spiro atoms. The van der Waals surface area contributed by atoms with Gasteiger partial charge in [0.1, 0.15) is 17.1 Å². The van der Waals surface area contributed by atoms with Crippen LogP contribution in [0.15, 0.2) is 118 Å². The number of hydrogen-bond acceptors (Lipinski definition) is 8. The van der Waals surface area contributed by atoms with E-state index >= 15 is 0 Å². The lowest BCUT2D eigenvalue weighted by Gasteiger charge is -2.17. The van der Waals surface area contributed by atoms with E-state index in [4.69, 9.17) is 0 Å². The largest absolute Gasteiger partial charge is 0.478 e. The third-order valence-electron chi connectivity index (χ3n) is 8.92. The number of aliphatic imine (C=N–C) groups is 1. The first-order valence-corrected chi connectivity index (χ1v) is 19.6. The van der Waals surface area contributed by atoms with Crippen molar-refractivity contribution >= 4 is 68.5 Å². The van der Waals surface area contributed by atoms with Crippen molar-refractivity contribution < 1.29 is 24.4 Å². The van der Waals surface area contributed by atoms with Crippen LogP contribution in [0.3, 0.4) is 0 Å². The molecule has 0 unspecified atom stereocenters. The molecule has 11 heteroatoms. The Labute approximate surface area is 318 Å². The maximum atomic E-state index is 11.3. The Morgan fingerprint density at radius 3 is 2.28 bits per heavy atom. The van der Waals surface area contributed by atoms with E-state index in [1.807, 2.05) is 68.5 Å². The maximum absolute atomic E-state index is 11.3. The lowest BCUT2D eigenvalue weighted by molar-refractivity contribution is -0.665. The van der Waals surface area contributed by atoms with Crippen molar-refractivity contribution in [3.8, 4) is 0 Å². The highest BCUT2D eigenvalue weighted by atomic mass is 32.2. The molecule has 0 atom stereocenters. The van der Waals surface area contributed by atoms with Gasteiger partial charge in [-0.1, -0.05) is 83.8 Å². The van der Waals surface area contributed by atoms with Crippen molar-refractivity contribution in [1.82, 2.24) is 10.6 Å². The van der Waals surface area contributed by atoms with E-state index in [9.17, 15) is 19.8 Å². The minimum Gasteiger partial charge on any atom is -0.478 e. The second kappa shape index (κ2) is 17.9. The highest BCUT2D eigenvalue weighted by Crippen LogP contribution is 2.46. The number of carboxylic acid groups (broad SMARTS) is 2. The van der Waals surface area contributed by atoms with Crippen LogP contribution >= 0.6 is 23.1 Å². The van der Waals surface area contributed by atoms with E-state index in [-0.39, 0.29) is 0 Å². The van der Waals surface area contributed by atoms with Crippen LogP contribution in [-0.2, 0) is 6.54 Å². The van der Waals surface area contributed by atoms with Crippen LogP contribution in [0.4, 0.5) is 5.69 Å². The molecule has 1 aromatic heterocycles. The van der Waals surface area contributed by atoms with Gasteiger partial charge < -0.3 is 25.7 Å². The summed E-state index contributed by atoms with van der Waals surface area (Å²) in [6, 6.07) is 19.1. The van der Waals surface area contributed by atoms with Crippen molar-refractivity contribution in [3.05, 3.63) is 135 Å². The third-order valence-corrected chi connectivity index (χ3v) is 11.2. The number of aryl methyl sites for hydroxylation is 1. The molecule has 9 nitrogen and oxygen atoms in total. The van der Waals surface area contributed by atoms with Crippen LogP contribution < -0.4 is 20.1 Å². The molecule has 0 radical (unpaired) electrons. The second-order valence-electron chi connectivity index (χ2n) is 12.4. The van der Waals surface area contributed by atoms with E-state index < -0.39 is 11.9 Å². The highest BCUT2D eigenvalue weighted by molar-refractivity contribution is 8.03. The number of thiazole rings is 1. The Morgan fingerprint density at radius 1 is 0.868 bits per heavy atom. The molecule has 0 saturated carbocycles. The molecule has 7 rings (SSSR count). The highest BCUT2D eigenvalue weighted by Gasteiger charge is 2.24. The fraction of sp³-hybridized carbons (Fsp3) is 0.238. The summed E-state index contributed by atoms with van der Waals surface area (Å²) in [6.07, 6.45) is 19.7. The van der Waals surface area contributed by atoms with Crippen molar-refractivity contribution in [3.63, 3.8) is 0 Å². The molecule has 4 N–H and O–H groups in total. The number of aromatic carboxylic acids is 2. The normalized spacial score (nSPS) is 16.3. The average molecular weight is 747 g/mol. The quantitative estimate of drug-likeness (QED) is 0.0946. The summed E-state index contributed by atoms with van der Waals surface area (Å²) < 4.78 is 3.17. The van der Waals surface area contributed by atoms with Crippen molar-refractivity contribution in [2.45, 2.75) is 44.6 Å². The zero-order chi connectivity index (χ0) is 37.2. The van der Waals surface area contributed by atoms with Gasteiger partial charge in [0.15, 0.2) is 0 Å². The minimum atomic E-state index is -0.922. The topological polar surface area (TPSA) is 118 Å². The molecule has 3 aromatic carbocycles. The summed E-state index contributed by atoms with van der Waals surface area (Å²) in [6.45, 7) is 8.66. The van der Waals surface area contributed by atoms with Crippen LogP contribution in [0.2, 0.25) is 0 Å². The van der Waals surface area contributed by atoms with Crippen LogP contribution in [0.5, 0.6) is 0 Å². The number of rotatable bonds is 10. The van der Waals surface area contributed by atoms with Gasteiger partial charge in [0.2, 0.25) is 5.52 Å². The zero-order valence-corrected chi connectivity index (χ0v) is 31.6. The van der Waals surface area contributed by atoms with Gasteiger partial charge in [0.05, 0.1) is 21.8 Å². The van der Waals surface area contributed by atoms with Crippen molar-refractivity contribution in [2.75, 3.05) is 31.1 Å². The SMILES string of the molecule is C1=C(c2ccc(C3=NCCCN3)cc2)NCCC1.CCN1/C(=C/C=C/C=C/C=C/c2sc3ccc(C(=O)O)cc3[n+]2CC)Sc2ccc(C(=O)O)cc21. The lowest BCUT2D eigenvalue weighted by Crippen LogP contribution is -2.33. The summed E-state index contributed by atoms with van der Waals surface area (Å²) in [7, 11) is 0. The number of carboxylic acids is 2. The summed E-state index contributed by atoms with van der Waals surface area (Å²) in [4.78, 5) is 30.3. The molecule has 4 heterocycles. The Morgan fingerprint density at radius 2 is 1.58 bits per heavy atom. The van der Waals surface area contributed by atoms with Gasteiger partial charge in [-0.2, -0.15) is 4.57 Å². The van der Waals surface area contributed by atoms with E-state index in [2.05, 4.69) is 55.4 Å². The predicted molar refractivity (Wildman–Crippen MR) is 218 cm³/mol. The first-order chi connectivity index (χ1) is 25.9. The number of carbonyl (C=O) groups is 2. The van der Waals surface area contributed by atoms with Crippen LogP contribution in [0.1, 0.15) is 70.0 Å². The number of anilines is 1. The van der Waals surface area contributed by atoms with E-state index in [0.29, 0.717) is 11.1 Å². The Kier molecular flexibility index (Phi) is 12.6. The monoisotopic (exact) mass is 746 g/mol. The smallest absolute Gasteiger partial charge is 0.335 e. The first kappa shape index (κ1) is 37.4. The Hall–Kier alpha value is -5.39. The summed E-state index contributed by atoms with van der Waals surface area (Å²) in [5.41, 5.74) is 6.17. The van der Waals surface area contributed by atoms with E-state index in [1.165, 1.54) is 29.7 Å². The zero-order valence-electron chi connectivity index (χ0n) is 29.9. The number of amidine groups is 1. The molecule has 0 bridgehead atoms. The number of fused-ring (bicyclic) bond motifs is 2. The van der Waals surface area contributed by atoms with E-state index in [0.717, 1.165) is 75.8 Å². The van der Waals surface area contributed by atoms with Crippen molar-refractivity contribution in [1.29, 1.82) is 0 Å². The first-order valence-electron chi connectivity index (χ1n) is 17.9. The number of nitrogens with zero attached hydrogens (tertiary/aromatic N) is 3. The Bertz CT molecular complexity index is 2120. The van der Waals surface area contributed by atoms with Gasteiger partial charge in [-0.25, -0.2) is 9.59 Å². The number of aromatic nitrogens is 1. The van der Waals surface area contributed by atoms with Gasteiger partial charge in [-0.05, 0) is 75.1 Å². The molecule has 3 aliphatic rings. The standard InChI is InChI=1S/C27H24N2O4S2.C15H19N3/c1-3-28-20-16-18(26(30)31)12-14-22(20)34-24(28)10-8-6-5-7-9-11-25-29(4-2)21-17-19(27(32)33)13-15-23(21)35-25;1-2-9-16-14(4-1)12-5-7-13(8-6-12)15-17-10-3-11-18-15/h5-17H,3-4H2,1-2H3,(H-,30,31,32,33);4-8,16H,1-3,9-11H2,(H,17,18)/p+1. The summed E-state index contributed by atoms with van der Waals surface area (Å²) in [5.74, 6) is -0.803. The fourth-order valence-electron chi connectivity index (χ4n) is 6.23. The second-order valence-corrected chi connectivity index (χ2v) is 14.5. The fourth-order valence-corrected chi connectivity index (χ4v) is 8.47. The number of allylic oxidation sites excluding steroid dienone is 7. The number of thioether (sulfide) groups is 1. The third kappa shape index (κ3) is 9.16. The number of benzene rings is 3. The van der Waals surface area contributed by atoms with Crippen molar-refractivity contribution in [2.24, 2.45) is 4.99 Å². The molecule has 0 fully saturated rings. The predicted octanol–water partition coefficient (Wildman–Crippen LogP) is 8.36. The van der Waals surface area contributed by atoms with Gasteiger partial charge in [-0.15, -0.1) is 0 Å². The molecule has 3 aliphatic heterocycles. The summed E-state index contributed by atoms with van der Waals surface area (Å²) >= 11 is 3.26. The minimum absolute atomic E-state index is 0.291. The molecule has 272 valence electrons. The van der Waals surface area contributed by atoms with Gasteiger partial charge in [0.25, 0.3) is 5.01 Å². The molecular formula is C42H44N5O4S2+. The van der Waals surface area contributed by atoms with Crippen LogP contribution in [0.25, 0.3) is 22.0 Å². The molecule has 0 saturated heterocycles. The molecule has 53 heavy (non-hydrogen) atoms. The van der Waals surface area contributed by atoms with Crippen LogP contribution in [-0.4, -0.2) is 54.2 Å². The molecule has 0 aliphatic carbocycles. The lowest BCUT2D eigenvalue weighted by atomic mass is 10.0. The van der Waals surface area contributed by atoms with E-state index in [1.54, 1.807) is 47.4 Å². The van der Waals surface area contributed by atoms with Crippen LogP contribution in [0, 0.1) is 0 Å². The molecule has 0 amide bonds. The Balaban J connectivity index is 0.000000222. The number of nitrogens with one attached hydrogen (secondary N) is 2. The van der Waals surface area contributed by atoms with Gasteiger partial charge in [0, 0.05) is 54.5 Å². The molecule has 4 aromatic rings. The number of hydrogen-bond donors (Lipinski definition) is 4.